The molecule has 0 radical (unpaired) electrons. The van der Waals surface area contributed by atoms with Gasteiger partial charge in [-0.2, -0.15) is 0 Å². The van der Waals surface area contributed by atoms with Gasteiger partial charge in [0.2, 0.25) is 0 Å². The number of hydrogen-bond acceptors (Lipinski definition) is 2. The molecule has 86 valence electrons. The number of alkyl halides is 1. The van der Waals surface area contributed by atoms with Crippen molar-refractivity contribution in [2.45, 2.75) is 45.6 Å². The second kappa shape index (κ2) is 9.75. The summed E-state index contributed by atoms with van der Waals surface area (Å²) >= 11 is 5.99. The van der Waals surface area contributed by atoms with Crippen molar-refractivity contribution in [2.24, 2.45) is 5.92 Å². The largest absolute Gasteiger partial charge is 0.379 e. The van der Waals surface area contributed by atoms with Gasteiger partial charge in [0.05, 0.1) is 13.2 Å². The monoisotopic (exact) mass is 222 g/mol. The molecule has 0 aromatic carbocycles. The Balaban J connectivity index is 3.18. The van der Waals surface area contributed by atoms with Gasteiger partial charge in [-0.15, -0.1) is 0 Å². The van der Waals surface area contributed by atoms with E-state index in [4.69, 9.17) is 21.1 Å². The molecule has 0 saturated carbocycles. The van der Waals surface area contributed by atoms with Crippen molar-refractivity contribution in [3.8, 4) is 0 Å². The van der Waals surface area contributed by atoms with Crippen LogP contribution in [0.4, 0.5) is 0 Å². The lowest BCUT2D eigenvalue weighted by Gasteiger charge is -2.16. The first kappa shape index (κ1) is 14.2. The standard InChI is InChI=1S/C11H23ClO2/c1-4-6-7-13-8-9-14-11(12)10(3)5-2/h10-11H,4-9H2,1-3H3. The highest BCUT2D eigenvalue weighted by atomic mass is 35.5. The zero-order valence-electron chi connectivity index (χ0n) is 9.59. The zero-order valence-corrected chi connectivity index (χ0v) is 10.3. The molecule has 0 rings (SSSR count). The molecule has 14 heavy (non-hydrogen) atoms. The molecule has 2 atom stereocenters. The molecule has 3 heteroatoms. The Kier molecular flexibility index (Phi) is 9.90. The highest BCUT2D eigenvalue weighted by Gasteiger charge is 2.11. The molecule has 0 fully saturated rings. The normalized spacial score (nSPS) is 15.4. The van der Waals surface area contributed by atoms with Crippen LogP contribution in [-0.2, 0) is 9.47 Å². The van der Waals surface area contributed by atoms with E-state index >= 15 is 0 Å². The van der Waals surface area contributed by atoms with E-state index in [9.17, 15) is 0 Å². The van der Waals surface area contributed by atoms with E-state index in [1.807, 2.05) is 0 Å². The Bertz CT molecular complexity index is 120. The predicted molar refractivity (Wildman–Crippen MR) is 60.8 cm³/mol. The quantitative estimate of drug-likeness (QED) is 0.440. The van der Waals surface area contributed by atoms with Gasteiger partial charge in [-0.3, -0.25) is 0 Å². The molecule has 0 aliphatic rings. The fourth-order valence-corrected chi connectivity index (χ4v) is 1.18. The van der Waals surface area contributed by atoms with Gasteiger partial charge < -0.3 is 9.47 Å². The van der Waals surface area contributed by atoms with Crippen LogP contribution >= 0.6 is 11.6 Å². The summed E-state index contributed by atoms with van der Waals surface area (Å²) in [5.41, 5.74) is -0.172. The van der Waals surface area contributed by atoms with Gasteiger partial charge in [0.25, 0.3) is 0 Å². The average Bonchev–Trinajstić information content (AvgIpc) is 2.21. The summed E-state index contributed by atoms with van der Waals surface area (Å²) in [5, 5.41) is 0. The first-order chi connectivity index (χ1) is 6.72. The summed E-state index contributed by atoms with van der Waals surface area (Å²) in [6, 6.07) is 0. The molecule has 2 unspecified atom stereocenters. The Morgan fingerprint density at radius 3 is 2.43 bits per heavy atom. The first-order valence-corrected chi connectivity index (χ1v) is 5.99. The molecule has 0 N–H and O–H groups in total. The smallest absolute Gasteiger partial charge is 0.133 e. The third-order valence-corrected chi connectivity index (χ3v) is 2.79. The van der Waals surface area contributed by atoms with Crippen LogP contribution in [0.1, 0.15) is 40.0 Å². The summed E-state index contributed by atoms with van der Waals surface area (Å²) in [6.45, 7) is 8.44. The third kappa shape index (κ3) is 7.60. The van der Waals surface area contributed by atoms with Crippen LogP contribution in [0.5, 0.6) is 0 Å². The molecule has 0 spiro atoms. The Morgan fingerprint density at radius 1 is 1.14 bits per heavy atom. The SMILES string of the molecule is CCCCOCCOC(Cl)C(C)CC. The van der Waals surface area contributed by atoms with Crippen molar-refractivity contribution in [3.05, 3.63) is 0 Å². The molecule has 0 aliphatic carbocycles. The number of hydrogen-bond donors (Lipinski definition) is 0. The van der Waals surface area contributed by atoms with Crippen LogP contribution in [0.15, 0.2) is 0 Å². The topological polar surface area (TPSA) is 18.5 Å². The van der Waals surface area contributed by atoms with E-state index in [-0.39, 0.29) is 5.56 Å². The predicted octanol–water partition coefficient (Wildman–Crippen LogP) is 3.43. The van der Waals surface area contributed by atoms with Crippen molar-refractivity contribution in [1.82, 2.24) is 0 Å². The van der Waals surface area contributed by atoms with E-state index in [0.717, 1.165) is 19.4 Å². The van der Waals surface area contributed by atoms with Gasteiger partial charge in [-0.05, 0) is 18.8 Å². The molecule has 0 amide bonds. The molecule has 0 heterocycles. The molecule has 0 bridgehead atoms. The summed E-state index contributed by atoms with van der Waals surface area (Å²) in [4.78, 5) is 0. The maximum absolute atomic E-state index is 5.99. The molecular formula is C11H23ClO2. The van der Waals surface area contributed by atoms with E-state index in [0.29, 0.717) is 19.1 Å². The van der Waals surface area contributed by atoms with Gasteiger partial charge in [0.15, 0.2) is 0 Å². The Labute approximate surface area is 92.9 Å². The van der Waals surface area contributed by atoms with E-state index in [1.165, 1.54) is 6.42 Å². The van der Waals surface area contributed by atoms with Gasteiger partial charge in [0.1, 0.15) is 5.56 Å². The molecule has 0 aromatic heterocycles. The molecule has 0 aliphatic heterocycles. The number of halogens is 1. The minimum absolute atomic E-state index is 0.172. The second-order valence-corrected chi connectivity index (χ2v) is 4.00. The van der Waals surface area contributed by atoms with Crippen molar-refractivity contribution in [2.75, 3.05) is 19.8 Å². The fourth-order valence-electron chi connectivity index (χ4n) is 0.918. The summed E-state index contributed by atoms with van der Waals surface area (Å²) in [5.74, 6) is 0.410. The highest BCUT2D eigenvalue weighted by Crippen LogP contribution is 2.14. The van der Waals surface area contributed by atoms with Gasteiger partial charge >= 0.3 is 0 Å². The Hall–Kier alpha value is 0.210. The lowest BCUT2D eigenvalue weighted by atomic mass is 10.1. The van der Waals surface area contributed by atoms with Crippen molar-refractivity contribution < 1.29 is 9.47 Å². The molecule has 0 saturated heterocycles. The van der Waals surface area contributed by atoms with Gasteiger partial charge in [-0.1, -0.05) is 38.8 Å². The van der Waals surface area contributed by atoms with Crippen molar-refractivity contribution in [1.29, 1.82) is 0 Å². The van der Waals surface area contributed by atoms with E-state index in [2.05, 4.69) is 20.8 Å². The summed E-state index contributed by atoms with van der Waals surface area (Å²) in [7, 11) is 0. The third-order valence-electron chi connectivity index (χ3n) is 2.24. The first-order valence-electron chi connectivity index (χ1n) is 5.55. The van der Waals surface area contributed by atoms with Crippen LogP contribution in [-0.4, -0.2) is 25.4 Å². The maximum atomic E-state index is 5.99. The summed E-state index contributed by atoms with van der Waals surface area (Å²) < 4.78 is 10.8. The number of ether oxygens (including phenoxy) is 2. The minimum Gasteiger partial charge on any atom is -0.379 e. The van der Waals surface area contributed by atoms with Crippen molar-refractivity contribution >= 4 is 11.6 Å². The highest BCUT2D eigenvalue weighted by molar-refractivity contribution is 6.19. The zero-order chi connectivity index (χ0) is 10.8. The van der Waals surface area contributed by atoms with Crippen LogP contribution < -0.4 is 0 Å². The van der Waals surface area contributed by atoms with Crippen molar-refractivity contribution in [3.63, 3.8) is 0 Å². The Morgan fingerprint density at radius 2 is 1.86 bits per heavy atom. The maximum Gasteiger partial charge on any atom is 0.133 e. The van der Waals surface area contributed by atoms with Crippen LogP contribution in [0.3, 0.4) is 0 Å². The molecule has 0 aromatic rings. The summed E-state index contributed by atoms with van der Waals surface area (Å²) in [6.07, 6.45) is 3.34. The van der Waals surface area contributed by atoms with Crippen LogP contribution in [0.25, 0.3) is 0 Å². The lowest BCUT2D eigenvalue weighted by Crippen LogP contribution is -2.17. The number of rotatable bonds is 9. The molecular weight excluding hydrogens is 200 g/mol. The van der Waals surface area contributed by atoms with Crippen LogP contribution in [0, 0.1) is 5.92 Å². The average molecular weight is 223 g/mol. The van der Waals surface area contributed by atoms with Crippen LogP contribution in [0.2, 0.25) is 0 Å². The number of unbranched alkanes of at least 4 members (excludes halogenated alkanes) is 1. The molecule has 2 nitrogen and oxygen atoms in total. The van der Waals surface area contributed by atoms with E-state index < -0.39 is 0 Å². The van der Waals surface area contributed by atoms with E-state index in [1.54, 1.807) is 0 Å². The second-order valence-electron chi connectivity index (χ2n) is 3.57. The van der Waals surface area contributed by atoms with Gasteiger partial charge in [0, 0.05) is 6.61 Å². The minimum atomic E-state index is -0.172. The van der Waals surface area contributed by atoms with Gasteiger partial charge in [-0.25, -0.2) is 0 Å². The fraction of sp³-hybridized carbons (Fsp3) is 1.00. The lowest BCUT2D eigenvalue weighted by molar-refractivity contribution is 0.0170.